The first-order valence-corrected chi connectivity index (χ1v) is 11.9. The Bertz CT molecular complexity index is 1240. The number of imide groups is 1. The zero-order valence-corrected chi connectivity index (χ0v) is 18.6. The summed E-state index contributed by atoms with van der Waals surface area (Å²) in [6.45, 7) is 1.75. The van der Waals surface area contributed by atoms with E-state index in [1.165, 1.54) is 29.7 Å². The van der Waals surface area contributed by atoms with Gasteiger partial charge in [0.2, 0.25) is 5.91 Å². The molecule has 11 heteroatoms. The smallest absolute Gasteiger partial charge is 0.263 e. The number of halogens is 1. The number of hydrogen-bond donors (Lipinski definition) is 2. The third-order valence-corrected chi connectivity index (χ3v) is 7.37. The summed E-state index contributed by atoms with van der Waals surface area (Å²) >= 11 is 7.30. The van der Waals surface area contributed by atoms with Crippen LogP contribution in [-0.4, -0.2) is 31.3 Å². The zero-order valence-electron chi connectivity index (χ0n) is 16.2. The van der Waals surface area contributed by atoms with Crippen LogP contribution in [0.4, 0.5) is 16.5 Å². The number of benzene rings is 2. The van der Waals surface area contributed by atoms with Crippen molar-refractivity contribution in [1.82, 2.24) is 4.98 Å². The Morgan fingerprint density at radius 1 is 1.16 bits per heavy atom. The fourth-order valence-electron chi connectivity index (χ4n) is 3.22. The molecular weight excluding hydrogens is 460 g/mol. The molecule has 2 heterocycles. The van der Waals surface area contributed by atoms with Crippen molar-refractivity contribution in [3.05, 3.63) is 64.6 Å². The van der Waals surface area contributed by atoms with Crippen molar-refractivity contribution in [2.75, 3.05) is 14.9 Å². The Morgan fingerprint density at radius 2 is 1.90 bits per heavy atom. The Hall–Kier alpha value is -2.95. The maximum Gasteiger partial charge on any atom is 0.263 e. The molecule has 2 amide bonds. The molecule has 3 aromatic rings. The summed E-state index contributed by atoms with van der Waals surface area (Å²) in [5, 5.41) is 5.42. The molecule has 1 aliphatic heterocycles. The fourth-order valence-corrected chi connectivity index (χ4v) is 5.17. The largest absolute Gasteiger partial charge is 0.373 e. The molecule has 0 saturated carbocycles. The normalized spacial score (nSPS) is 16.6. The monoisotopic (exact) mass is 476 g/mol. The lowest BCUT2D eigenvalue weighted by atomic mass is 10.2. The van der Waals surface area contributed by atoms with Gasteiger partial charge < -0.3 is 5.32 Å². The highest BCUT2D eigenvalue weighted by molar-refractivity contribution is 7.93. The molecule has 2 aromatic carbocycles. The Balaban J connectivity index is 1.49. The minimum atomic E-state index is -3.77. The third-order valence-electron chi connectivity index (χ3n) is 4.79. The van der Waals surface area contributed by atoms with Crippen LogP contribution < -0.4 is 14.9 Å². The highest BCUT2D eigenvalue weighted by Crippen LogP contribution is 2.31. The van der Waals surface area contributed by atoms with Gasteiger partial charge in [0.15, 0.2) is 5.13 Å². The summed E-state index contributed by atoms with van der Waals surface area (Å²) in [7, 11) is -3.77. The highest BCUT2D eigenvalue weighted by Gasteiger charge is 2.40. The molecule has 1 fully saturated rings. The Morgan fingerprint density at radius 3 is 2.58 bits per heavy atom. The summed E-state index contributed by atoms with van der Waals surface area (Å²) in [4.78, 5) is 30.5. The van der Waals surface area contributed by atoms with Gasteiger partial charge >= 0.3 is 0 Å². The van der Waals surface area contributed by atoms with Gasteiger partial charge in [-0.15, -0.1) is 11.3 Å². The average Bonchev–Trinajstić information content (AvgIpc) is 3.32. The molecule has 1 atom stereocenters. The topological polar surface area (TPSA) is 108 Å². The molecular formula is C20H17ClN4O4S2. The predicted octanol–water partition coefficient (Wildman–Crippen LogP) is 3.65. The van der Waals surface area contributed by atoms with Gasteiger partial charge in [-0.25, -0.2) is 18.3 Å². The second-order valence-corrected chi connectivity index (χ2v) is 9.80. The van der Waals surface area contributed by atoms with E-state index in [1.54, 1.807) is 42.6 Å². The number of carbonyl (C=O) groups excluding carboxylic acids is 2. The van der Waals surface area contributed by atoms with Gasteiger partial charge in [-0.2, -0.15) is 0 Å². The first kappa shape index (κ1) is 21.3. The minimum absolute atomic E-state index is 0.0174. The van der Waals surface area contributed by atoms with Crippen LogP contribution in [0.1, 0.15) is 12.0 Å². The van der Waals surface area contributed by atoms with Crippen molar-refractivity contribution < 1.29 is 18.0 Å². The molecule has 31 heavy (non-hydrogen) atoms. The number of hydrogen-bond acceptors (Lipinski definition) is 7. The number of sulfonamides is 1. The lowest BCUT2D eigenvalue weighted by molar-refractivity contribution is -0.121. The number of nitrogens with one attached hydrogen (secondary N) is 2. The van der Waals surface area contributed by atoms with Crippen LogP contribution in [-0.2, 0) is 19.6 Å². The number of amides is 2. The molecule has 2 N–H and O–H groups in total. The second kappa shape index (κ2) is 8.29. The lowest BCUT2D eigenvalue weighted by Crippen LogP contribution is -2.35. The van der Waals surface area contributed by atoms with Crippen LogP contribution in [0, 0.1) is 6.92 Å². The standard InChI is InChI=1S/C20H17ClN4O4S2/c1-12-15(21)3-2-4-17(12)25-18(26)11-16(19(25)27)23-13-5-7-14(8-6-13)31(28,29)24-20-22-9-10-30-20/h2-10,16,23H,11H2,1H3,(H,22,24)/t16-/m1/s1. The van der Waals surface area contributed by atoms with E-state index in [1.807, 2.05) is 0 Å². The van der Waals surface area contributed by atoms with Gasteiger partial charge in [-0.3, -0.25) is 14.3 Å². The molecule has 0 bridgehead atoms. The first-order valence-electron chi connectivity index (χ1n) is 9.17. The van der Waals surface area contributed by atoms with Crippen LogP contribution in [0.2, 0.25) is 5.02 Å². The maximum absolute atomic E-state index is 12.9. The molecule has 0 unspecified atom stereocenters. The third kappa shape index (κ3) is 4.27. The number of aromatic nitrogens is 1. The summed E-state index contributed by atoms with van der Waals surface area (Å²) in [5.74, 6) is -0.725. The average molecular weight is 477 g/mol. The van der Waals surface area contributed by atoms with Crippen molar-refractivity contribution in [3.8, 4) is 0 Å². The number of carbonyl (C=O) groups is 2. The quantitative estimate of drug-likeness (QED) is 0.526. The molecule has 1 saturated heterocycles. The van der Waals surface area contributed by atoms with Crippen molar-refractivity contribution in [3.63, 3.8) is 0 Å². The molecule has 1 aromatic heterocycles. The molecule has 0 radical (unpaired) electrons. The van der Waals surface area contributed by atoms with Crippen LogP contribution in [0.3, 0.4) is 0 Å². The predicted molar refractivity (Wildman–Crippen MR) is 120 cm³/mol. The lowest BCUT2D eigenvalue weighted by Gasteiger charge is -2.18. The Labute approximate surface area is 187 Å². The van der Waals surface area contributed by atoms with Gasteiger partial charge in [0.05, 0.1) is 17.0 Å². The van der Waals surface area contributed by atoms with Gasteiger partial charge in [0.1, 0.15) is 6.04 Å². The van der Waals surface area contributed by atoms with Gasteiger partial charge in [-0.05, 0) is 48.9 Å². The van der Waals surface area contributed by atoms with Crippen LogP contribution in [0.25, 0.3) is 0 Å². The van der Waals surface area contributed by atoms with Crippen LogP contribution >= 0.6 is 22.9 Å². The number of rotatable bonds is 6. The first-order chi connectivity index (χ1) is 14.8. The van der Waals surface area contributed by atoms with Crippen molar-refractivity contribution in [2.45, 2.75) is 24.3 Å². The van der Waals surface area contributed by atoms with Crippen molar-refractivity contribution in [2.24, 2.45) is 0 Å². The van der Waals surface area contributed by atoms with Gasteiger partial charge in [-0.1, -0.05) is 17.7 Å². The summed E-state index contributed by atoms with van der Waals surface area (Å²) in [6, 6.07) is 10.2. The second-order valence-electron chi connectivity index (χ2n) is 6.82. The number of nitrogens with zero attached hydrogens (tertiary/aromatic N) is 2. The summed E-state index contributed by atoms with van der Waals surface area (Å²) < 4.78 is 27.3. The molecule has 8 nitrogen and oxygen atoms in total. The molecule has 1 aliphatic rings. The molecule has 0 spiro atoms. The van der Waals surface area contributed by atoms with E-state index in [-0.39, 0.29) is 22.4 Å². The number of thiazole rings is 1. The van der Waals surface area contributed by atoms with E-state index in [9.17, 15) is 18.0 Å². The summed E-state index contributed by atoms with van der Waals surface area (Å²) in [6.07, 6.45) is 1.49. The van der Waals surface area contributed by atoms with Crippen molar-refractivity contribution in [1.29, 1.82) is 0 Å². The van der Waals surface area contributed by atoms with Crippen LogP contribution in [0.5, 0.6) is 0 Å². The van der Waals surface area contributed by atoms with Crippen LogP contribution in [0.15, 0.2) is 58.9 Å². The maximum atomic E-state index is 12.9. The zero-order chi connectivity index (χ0) is 22.2. The van der Waals surface area contributed by atoms with E-state index in [0.29, 0.717) is 22.0 Å². The SMILES string of the molecule is Cc1c(Cl)cccc1N1C(=O)C[C@@H](Nc2ccc(S(=O)(=O)Nc3nccs3)cc2)C1=O. The summed E-state index contributed by atoms with van der Waals surface area (Å²) in [5.41, 5.74) is 1.62. The van der Waals surface area contributed by atoms with Gasteiger partial charge in [0.25, 0.3) is 15.9 Å². The molecule has 0 aliphatic carbocycles. The minimum Gasteiger partial charge on any atom is -0.373 e. The van der Waals surface area contributed by atoms with E-state index in [2.05, 4.69) is 15.0 Å². The highest BCUT2D eigenvalue weighted by atomic mass is 35.5. The fraction of sp³-hybridized carbons (Fsp3) is 0.150. The van der Waals surface area contributed by atoms with Crippen molar-refractivity contribution >= 4 is 61.3 Å². The molecule has 160 valence electrons. The van der Waals surface area contributed by atoms with Gasteiger partial charge in [0, 0.05) is 22.3 Å². The molecule has 4 rings (SSSR count). The Kier molecular flexibility index (Phi) is 5.69. The van der Waals surface area contributed by atoms with E-state index >= 15 is 0 Å². The van der Waals surface area contributed by atoms with E-state index < -0.39 is 22.0 Å². The van der Waals surface area contributed by atoms with E-state index in [4.69, 9.17) is 11.6 Å². The van der Waals surface area contributed by atoms with E-state index in [0.717, 1.165) is 4.90 Å². The number of anilines is 3.